The summed E-state index contributed by atoms with van der Waals surface area (Å²) in [7, 11) is -3.51. The maximum atomic E-state index is 12.2. The predicted octanol–water partition coefficient (Wildman–Crippen LogP) is 3.47. The lowest BCUT2D eigenvalue weighted by molar-refractivity contribution is 0.0924. The van der Waals surface area contributed by atoms with E-state index in [2.05, 4.69) is 26.0 Å². The first-order valence-electron chi connectivity index (χ1n) is 9.18. The van der Waals surface area contributed by atoms with Gasteiger partial charge in [-0.15, -0.1) is 0 Å². The summed E-state index contributed by atoms with van der Waals surface area (Å²) in [4.78, 5) is 12.2. The fourth-order valence-corrected chi connectivity index (χ4v) is 3.68. The number of furan rings is 1. The van der Waals surface area contributed by atoms with Crippen LogP contribution in [-0.2, 0) is 23.2 Å². The molecule has 158 valence electrons. The molecule has 2 aromatic carbocycles. The van der Waals surface area contributed by atoms with Crippen LogP contribution in [0.15, 0.2) is 75.6 Å². The molecule has 7 nitrogen and oxygen atoms in total. The zero-order chi connectivity index (χ0) is 21.4. The first kappa shape index (κ1) is 22.1. The van der Waals surface area contributed by atoms with Crippen molar-refractivity contribution in [1.82, 2.24) is 10.0 Å². The monoisotopic (exact) mass is 492 g/mol. The van der Waals surface area contributed by atoms with Gasteiger partial charge in [-0.2, -0.15) is 0 Å². The third kappa shape index (κ3) is 7.01. The molecule has 3 aromatic rings. The molecular weight excluding hydrogens is 472 g/mol. The second-order valence-electron chi connectivity index (χ2n) is 6.39. The van der Waals surface area contributed by atoms with E-state index < -0.39 is 15.9 Å². The Hall–Kier alpha value is -2.62. The third-order valence-electron chi connectivity index (χ3n) is 4.08. The van der Waals surface area contributed by atoms with Gasteiger partial charge in [0.05, 0.1) is 5.75 Å². The highest BCUT2D eigenvalue weighted by molar-refractivity contribution is 9.10. The van der Waals surface area contributed by atoms with Crippen molar-refractivity contribution in [2.45, 2.75) is 13.2 Å². The van der Waals surface area contributed by atoms with E-state index in [1.165, 1.54) is 6.07 Å². The Labute approximate surface area is 183 Å². The third-order valence-corrected chi connectivity index (χ3v) is 5.93. The molecule has 0 aliphatic carbocycles. The van der Waals surface area contributed by atoms with Crippen LogP contribution in [-0.4, -0.2) is 26.6 Å². The molecule has 0 bridgehead atoms. The number of amides is 1. The Morgan fingerprint density at radius 1 is 1.00 bits per heavy atom. The lowest BCUT2D eigenvalue weighted by Gasteiger charge is -2.07. The summed E-state index contributed by atoms with van der Waals surface area (Å²) in [5.41, 5.74) is 0.860. The van der Waals surface area contributed by atoms with Crippen molar-refractivity contribution in [3.8, 4) is 5.75 Å². The van der Waals surface area contributed by atoms with Crippen molar-refractivity contribution in [3.05, 3.63) is 88.3 Å². The zero-order valence-corrected chi connectivity index (χ0v) is 18.4. The maximum absolute atomic E-state index is 12.2. The van der Waals surface area contributed by atoms with Crippen LogP contribution in [0.1, 0.15) is 21.9 Å². The van der Waals surface area contributed by atoms with Gasteiger partial charge in [0.1, 0.15) is 18.1 Å². The van der Waals surface area contributed by atoms with Crippen molar-refractivity contribution in [2.24, 2.45) is 0 Å². The normalized spacial score (nSPS) is 11.2. The Bertz CT molecular complexity index is 1070. The van der Waals surface area contributed by atoms with Gasteiger partial charge in [0.25, 0.3) is 5.91 Å². The first-order valence-corrected chi connectivity index (χ1v) is 11.6. The number of hydrogen-bond acceptors (Lipinski definition) is 5. The number of carbonyl (C=O) groups is 1. The zero-order valence-electron chi connectivity index (χ0n) is 16.0. The van der Waals surface area contributed by atoms with Crippen LogP contribution in [0.3, 0.4) is 0 Å². The lowest BCUT2D eigenvalue weighted by atomic mass is 10.2. The molecule has 0 atom stereocenters. The first-order chi connectivity index (χ1) is 14.4. The number of sulfonamides is 1. The van der Waals surface area contributed by atoms with Gasteiger partial charge in [-0.05, 0) is 42.0 Å². The summed E-state index contributed by atoms with van der Waals surface area (Å²) in [6.07, 6.45) is 0. The van der Waals surface area contributed by atoms with Gasteiger partial charge in [-0.25, -0.2) is 13.1 Å². The van der Waals surface area contributed by atoms with Crippen LogP contribution in [0.4, 0.5) is 0 Å². The Balaban J connectivity index is 1.42. The minimum Gasteiger partial charge on any atom is -0.486 e. The minimum atomic E-state index is -3.51. The number of halogens is 1. The maximum Gasteiger partial charge on any atom is 0.287 e. The molecule has 0 saturated carbocycles. The average Bonchev–Trinajstić information content (AvgIpc) is 3.22. The molecule has 30 heavy (non-hydrogen) atoms. The van der Waals surface area contributed by atoms with Gasteiger partial charge in [0.15, 0.2) is 5.76 Å². The molecule has 0 unspecified atom stereocenters. The molecule has 0 aliphatic heterocycles. The van der Waals surface area contributed by atoms with E-state index in [4.69, 9.17) is 9.15 Å². The highest BCUT2D eigenvalue weighted by Crippen LogP contribution is 2.18. The Morgan fingerprint density at radius 2 is 1.73 bits per heavy atom. The van der Waals surface area contributed by atoms with E-state index in [9.17, 15) is 13.2 Å². The summed E-state index contributed by atoms with van der Waals surface area (Å²) in [6.45, 7) is 0.345. The smallest absolute Gasteiger partial charge is 0.287 e. The lowest BCUT2D eigenvalue weighted by Crippen LogP contribution is -2.34. The van der Waals surface area contributed by atoms with Crippen LogP contribution < -0.4 is 14.8 Å². The van der Waals surface area contributed by atoms with E-state index in [1.807, 2.05) is 54.6 Å². The molecule has 0 saturated heterocycles. The van der Waals surface area contributed by atoms with E-state index in [1.54, 1.807) is 6.07 Å². The van der Waals surface area contributed by atoms with Crippen molar-refractivity contribution >= 4 is 31.9 Å². The number of hydrogen-bond donors (Lipinski definition) is 2. The Morgan fingerprint density at radius 3 is 2.47 bits per heavy atom. The van der Waals surface area contributed by atoms with Gasteiger partial charge < -0.3 is 14.5 Å². The van der Waals surface area contributed by atoms with Crippen molar-refractivity contribution in [1.29, 1.82) is 0 Å². The number of rotatable bonds is 10. The second-order valence-corrected chi connectivity index (χ2v) is 9.23. The molecule has 1 aromatic heterocycles. The summed E-state index contributed by atoms with van der Waals surface area (Å²) in [5, 5.41) is 2.55. The standard InChI is InChI=1S/C21H21BrN2O5S/c22-17-6-8-18(9-7-17)28-15-19-10-11-20(29-19)21(25)23-12-13-30(26,27)24-14-16-4-2-1-3-5-16/h1-11,24H,12-15H2,(H,23,25). The minimum absolute atomic E-state index is 0.0334. The van der Waals surface area contributed by atoms with Crippen molar-refractivity contribution in [2.75, 3.05) is 12.3 Å². The molecule has 0 aliphatic rings. The van der Waals surface area contributed by atoms with Gasteiger partial charge in [0.2, 0.25) is 10.0 Å². The largest absolute Gasteiger partial charge is 0.486 e. The molecular formula is C21H21BrN2O5S. The highest BCUT2D eigenvalue weighted by atomic mass is 79.9. The molecule has 2 N–H and O–H groups in total. The van der Waals surface area contributed by atoms with E-state index in [0.29, 0.717) is 11.5 Å². The number of benzene rings is 2. The number of carbonyl (C=O) groups excluding carboxylic acids is 1. The number of ether oxygens (including phenoxy) is 1. The van der Waals surface area contributed by atoms with Crippen molar-refractivity contribution < 1.29 is 22.4 Å². The summed E-state index contributed by atoms with van der Waals surface area (Å²) < 4.78 is 38.6. The quantitative estimate of drug-likeness (QED) is 0.451. The fraction of sp³-hybridized carbons (Fsp3) is 0.190. The van der Waals surface area contributed by atoms with E-state index in [0.717, 1.165) is 10.0 Å². The van der Waals surface area contributed by atoms with Gasteiger partial charge in [-0.1, -0.05) is 46.3 Å². The topological polar surface area (TPSA) is 97.6 Å². The van der Waals surface area contributed by atoms with Crippen LogP contribution >= 0.6 is 15.9 Å². The van der Waals surface area contributed by atoms with Gasteiger partial charge >= 0.3 is 0 Å². The molecule has 0 spiro atoms. The SMILES string of the molecule is O=C(NCCS(=O)(=O)NCc1ccccc1)c1ccc(COc2ccc(Br)cc2)o1. The average molecular weight is 493 g/mol. The van der Waals surface area contributed by atoms with Gasteiger partial charge in [-0.3, -0.25) is 4.79 Å². The molecule has 0 fully saturated rings. The summed E-state index contributed by atoms with van der Waals surface area (Å²) >= 11 is 3.35. The fourth-order valence-electron chi connectivity index (χ4n) is 2.51. The van der Waals surface area contributed by atoms with Gasteiger partial charge in [0, 0.05) is 17.6 Å². The molecule has 1 heterocycles. The summed E-state index contributed by atoms with van der Waals surface area (Å²) in [6, 6.07) is 19.7. The van der Waals surface area contributed by atoms with E-state index >= 15 is 0 Å². The molecule has 3 rings (SSSR count). The molecule has 9 heteroatoms. The van der Waals surface area contributed by atoms with Crippen LogP contribution in [0.25, 0.3) is 0 Å². The van der Waals surface area contributed by atoms with Crippen molar-refractivity contribution in [3.63, 3.8) is 0 Å². The number of nitrogens with one attached hydrogen (secondary N) is 2. The summed E-state index contributed by atoms with van der Waals surface area (Å²) in [5.74, 6) is 0.544. The van der Waals surface area contributed by atoms with Crippen LogP contribution in [0.2, 0.25) is 0 Å². The van der Waals surface area contributed by atoms with E-state index in [-0.39, 0.29) is 31.2 Å². The Kier molecular flexibility index (Phi) is 7.67. The predicted molar refractivity (Wildman–Crippen MR) is 117 cm³/mol. The highest BCUT2D eigenvalue weighted by Gasteiger charge is 2.14. The molecule has 0 radical (unpaired) electrons. The second kappa shape index (κ2) is 10.4. The van der Waals surface area contributed by atoms with Crippen LogP contribution in [0, 0.1) is 0 Å². The van der Waals surface area contributed by atoms with Crippen LogP contribution in [0.5, 0.6) is 5.75 Å². The molecule has 1 amide bonds.